The predicted molar refractivity (Wildman–Crippen MR) is 77.1 cm³/mol. The summed E-state index contributed by atoms with van der Waals surface area (Å²) in [6.07, 6.45) is 4.32. The molecule has 0 unspecified atom stereocenters. The number of rotatable bonds is 4. The molecule has 2 aromatic rings. The van der Waals surface area contributed by atoms with Gasteiger partial charge in [-0.15, -0.1) is 11.3 Å². The standard InChI is InChI=1S/C14H13NO4S/c1-8-9(2)20-13(12(8)14(17)18)15-11(16)6-5-10-4-3-7-19-10/h3-7H,1-2H3,(H,15,16)(H,17,18). The topological polar surface area (TPSA) is 79.5 Å². The molecule has 0 aliphatic heterocycles. The van der Waals surface area contributed by atoms with Crippen molar-refractivity contribution in [2.75, 3.05) is 5.32 Å². The third-order valence-electron chi connectivity index (χ3n) is 2.78. The molecule has 20 heavy (non-hydrogen) atoms. The highest BCUT2D eigenvalue weighted by molar-refractivity contribution is 7.16. The van der Waals surface area contributed by atoms with Crippen LogP contribution in [0.5, 0.6) is 0 Å². The first-order valence-corrected chi connectivity index (χ1v) is 6.66. The monoisotopic (exact) mass is 291 g/mol. The summed E-state index contributed by atoms with van der Waals surface area (Å²) in [6, 6.07) is 3.43. The van der Waals surface area contributed by atoms with Crippen LogP contribution in [0.4, 0.5) is 5.00 Å². The number of thiophene rings is 1. The van der Waals surface area contributed by atoms with Gasteiger partial charge in [0.05, 0.1) is 11.8 Å². The van der Waals surface area contributed by atoms with E-state index in [0.717, 1.165) is 4.88 Å². The fourth-order valence-electron chi connectivity index (χ4n) is 1.67. The second-order valence-corrected chi connectivity index (χ2v) is 5.36. The predicted octanol–water partition coefficient (Wildman–Crippen LogP) is 3.31. The van der Waals surface area contributed by atoms with Crippen molar-refractivity contribution in [3.05, 3.63) is 46.2 Å². The van der Waals surface area contributed by atoms with Crippen molar-refractivity contribution in [1.82, 2.24) is 0 Å². The van der Waals surface area contributed by atoms with Gasteiger partial charge in [-0.05, 0) is 37.6 Å². The first-order chi connectivity index (χ1) is 9.49. The Morgan fingerprint density at radius 3 is 2.75 bits per heavy atom. The van der Waals surface area contributed by atoms with E-state index in [0.29, 0.717) is 16.3 Å². The molecule has 2 rings (SSSR count). The molecule has 0 spiro atoms. The van der Waals surface area contributed by atoms with E-state index in [4.69, 9.17) is 4.42 Å². The summed E-state index contributed by atoms with van der Waals surface area (Å²) in [4.78, 5) is 23.8. The zero-order valence-electron chi connectivity index (χ0n) is 11.0. The number of anilines is 1. The van der Waals surface area contributed by atoms with Gasteiger partial charge < -0.3 is 14.8 Å². The third kappa shape index (κ3) is 2.97. The van der Waals surface area contributed by atoms with Gasteiger partial charge in [0.2, 0.25) is 5.91 Å². The first-order valence-electron chi connectivity index (χ1n) is 5.85. The van der Waals surface area contributed by atoms with E-state index < -0.39 is 11.9 Å². The number of carbonyl (C=O) groups excluding carboxylic acids is 1. The normalized spacial score (nSPS) is 10.9. The Hall–Kier alpha value is -2.34. The van der Waals surface area contributed by atoms with Crippen LogP contribution in [0.3, 0.4) is 0 Å². The number of amides is 1. The lowest BCUT2D eigenvalue weighted by Gasteiger charge is -2.01. The molecule has 1 amide bonds. The van der Waals surface area contributed by atoms with Crippen molar-refractivity contribution in [2.45, 2.75) is 13.8 Å². The summed E-state index contributed by atoms with van der Waals surface area (Å²) in [6.45, 7) is 3.55. The SMILES string of the molecule is Cc1sc(NC(=O)C=Cc2ccco2)c(C(=O)O)c1C. The highest BCUT2D eigenvalue weighted by Gasteiger charge is 2.19. The molecule has 0 bridgehead atoms. The molecule has 0 saturated heterocycles. The van der Waals surface area contributed by atoms with Crippen LogP contribution in [0.15, 0.2) is 28.9 Å². The molecular formula is C14H13NO4S. The van der Waals surface area contributed by atoms with Gasteiger partial charge in [0, 0.05) is 11.0 Å². The van der Waals surface area contributed by atoms with Crippen LogP contribution < -0.4 is 5.32 Å². The largest absolute Gasteiger partial charge is 0.478 e. The van der Waals surface area contributed by atoms with E-state index in [1.807, 2.05) is 6.92 Å². The van der Waals surface area contributed by atoms with E-state index in [1.54, 1.807) is 19.1 Å². The highest BCUT2D eigenvalue weighted by Crippen LogP contribution is 2.32. The summed E-state index contributed by atoms with van der Waals surface area (Å²) in [7, 11) is 0. The summed E-state index contributed by atoms with van der Waals surface area (Å²) in [5, 5.41) is 12.1. The molecule has 0 aliphatic rings. The van der Waals surface area contributed by atoms with Gasteiger partial charge in [-0.3, -0.25) is 4.79 Å². The second-order valence-electron chi connectivity index (χ2n) is 4.13. The molecule has 0 atom stereocenters. The van der Waals surface area contributed by atoms with Crippen molar-refractivity contribution >= 4 is 34.3 Å². The van der Waals surface area contributed by atoms with Crippen LogP contribution >= 0.6 is 11.3 Å². The van der Waals surface area contributed by atoms with Crippen LogP contribution in [-0.4, -0.2) is 17.0 Å². The molecule has 0 aromatic carbocycles. The van der Waals surface area contributed by atoms with Gasteiger partial charge in [-0.25, -0.2) is 4.79 Å². The molecule has 104 valence electrons. The average Bonchev–Trinajstić information content (AvgIpc) is 2.96. The van der Waals surface area contributed by atoms with E-state index in [2.05, 4.69) is 5.32 Å². The molecule has 2 aromatic heterocycles. The Bertz CT molecular complexity index is 668. The van der Waals surface area contributed by atoms with Crippen molar-refractivity contribution < 1.29 is 19.1 Å². The van der Waals surface area contributed by atoms with Crippen molar-refractivity contribution in [3.8, 4) is 0 Å². The van der Waals surface area contributed by atoms with Gasteiger partial charge in [0.25, 0.3) is 0 Å². The molecule has 2 heterocycles. The zero-order chi connectivity index (χ0) is 14.7. The second kappa shape index (κ2) is 5.75. The maximum absolute atomic E-state index is 11.8. The molecule has 5 nitrogen and oxygen atoms in total. The number of carboxylic acids is 1. The van der Waals surface area contributed by atoms with Gasteiger partial charge in [-0.2, -0.15) is 0 Å². The number of aromatic carboxylic acids is 1. The molecule has 0 radical (unpaired) electrons. The molecule has 0 fully saturated rings. The zero-order valence-corrected chi connectivity index (χ0v) is 11.8. The summed E-state index contributed by atoms with van der Waals surface area (Å²) < 4.78 is 5.06. The maximum atomic E-state index is 11.8. The summed E-state index contributed by atoms with van der Waals surface area (Å²) in [5.41, 5.74) is 0.820. The Morgan fingerprint density at radius 2 is 2.15 bits per heavy atom. The van der Waals surface area contributed by atoms with Crippen LogP contribution in [0.2, 0.25) is 0 Å². The van der Waals surface area contributed by atoms with Gasteiger partial charge in [0.1, 0.15) is 10.8 Å². The minimum atomic E-state index is -1.04. The number of hydrogen-bond donors (Lipinski definition) is 2. The Balaban J connectivity index is 2.16. The van der Waals surface area contributed by atoms with E-state index in [-0.39, 0.29) is 5.56 Å². The average molecular weight is 291 g/mol. The lowest BCUT2D eigenvalue weighted by atomic mass is 10.1. The lowest BCUT2D eigenvalue weighted by molar-refractivity contribution is -0.111. The van der Waals surface area contributed by atoms with E-state index in [1.165, 1.54) is 29.8 Å². The lowest BCUT2D eigenvalue weighted by Crippen LogP contribution is -2.10. The van der Waals surface area contributed by atoms with Gasteiger partial charge >= 0.3 is 5.97 Å². The molecule has 6 heteroatoms. The first kappa shape index (κ1) is 14.1. The third-order valence-corrected chi connectivity index (χ3v) is 3.90. The fraction of sp³-hybridized carbons (Fsp3) is 0.143. The van der Waals surface area contributed by atoms with E-state index >= 15 is 0 Å². The Kier molecular flexibility index (Phi) is 4.05. The number of furan rings is 1. The summed E-state index contributed by atoms with van der Waals surface area (Å²) in [5.74, 6) is -0.889. The Labute approximate surface area is 119 Å². The molecule has 0 aliphatic carbocycles. The summed E-state index contributed by atoms with van der Waals surface area (Å²) >= 11 is 1.25. The van der Waals surface area contributed by atoms with Crippen LogP contribution in [0, 0.1) is 13.8 Å². The quantitative estimate of drug-likeness (QED) is 0.847. The van der Waals surface area contributed by atoms with Crippen molar-refractivity contribution in [3.63, 3.8) is 0 Å². The number of nitrogens with one attached hydrogen (secondary N) is 1. The van der Waals surface area contributed by atoms with Crippen molar-refractivity contribution in [2.24, 2.45) is 0 Å². The number of aryl methyl sites for hydroxylation is 1. The molecule has 2 N–H and O–H groups in total. The van der Waals surface area contributed by atoms with Gasteiger partial charge in [-0.1, -0.05) is 0 Å². The Morgan fingerprint density at radius 1 is 1.40 bits per heavy atom. The molecule has 0 saturated carbocycles. The van der Waals surface area contributed by atoms with Crippen LogP contribution in [-0.2, 0) is 4.79 Å². The van der Waals surface area contributed by atoms with Crippen LogP contribution in [0.1, 0.15) is 26.6 Å². The number of carboxylic acid groups (broad SMARTS) is 1. The smallest absolute Gasteiger partial charge is 0.338 e. The number of carbonyl (C=O) groups is 2. The van der Waals surface area contributed by atoms with Gasteiger partial charge in [0.15, 0.2) is 0 Å². The van der Waals surface area contributed by atoms with Crippen molar-refractivity contribution in [1.29, 1.82) is 0 Å². The minimum Gasteiger partial charge on any atom is -0.478 e. The van der Waals surface area contributed by atoms with Crippen LogP contribution in [0.25, 0.3) is 6.08 Å². The number of hydrogen-bond acceptors (Lipinski definition) is 4. The molecular weight excluding hydrogens is 278 g/mol. The maximum Gasteiger partial charge on any atom is 0.338 e. The fourth-order valence-corrected chi connectivity index (χ4v) is 2.73. The highest BCUT2D eigenvalue weighted by atomic mass is 32.1. The minimum absolute atomic E-state index is 0.146. The van der Waals surface area contributed by atoms with E-state index in [9.17, 15) is 14.7 Å².